The minimum Gasteiger partial charge on any atom is -0.467 e. The Morgan fingerprint density at radius 2 is 2.16 bits per heavy atom. The van der Waals surface area contributed by atoms with Crippen LogP contribution in [0.3, 0.4) is 0 Å². The third kappa shape index (κ3) is 2.95. The molecule has 5 heteroatoms. The lowest BCUT2D eigenvalue weighted by molar-refractivity contribution is 0.0936. The van der Waals surface area contributed by atoms with E-state index >= 15 is 0 Å². The Balaban J connectivity index is 2.16. The molecule has 2 aromatic rings. The Kier molecular flexibility index (Phi) is 3.87. The third-order valence-corrected chi connectivity index (χ3v) is 2.89. The maximum absolute atomic E-state index is 12.2. The highest BCUT2D eigenvalue weighted by Gasteiger charge is 2.16. The molecule has 4 N–H and O–H groups in total. The minimum atomic E-state index is -0.200. The van der Waals surface area contributed by atoms with Gasteiger partial charge < -0.3 is 15.2 Å². The van der Waals surface area contributed by atoms with E-state index in [1.54, 1.807) is 18.4 Å². The molecule has 0 aliphatic heterocycles. The summed E-state index contributed by atoms with van der Waals surface area (Å²) in [7, 11) is 0. The quantitative estimate of drug-likeness (QED) is 0.581. The molecule has 0 radical (unpaired) electrons. The number of nitrogen functional groups attached to an aromatic ring is 1. The zero-order valence-electron chi connectivity index (χ0n) is 10.9. The Morgan fingerprint density at radius 1 is 1.37 bits per heavy atom. The van der Waals surface area contributed by atoms with Gasteiger partial charge in [0.25, 0.3) is 5.91 Å². The lowest BCUT2D eigenvalue weighted by Crippen LogP contribution is -2.27. The fourth-order valence-electron chi connectivity index (χ4n) is 1.86. The number of hydrogen-bond donors (Lipinski definition) is 3. The van der Waals surface area contributed by atoms with Gasteiger partial charge in [-0.1, -0.05) is 6.07 Å². The molecular formula is C14H17N3O2. The number of benzene rings is 1. The Bertz CT molecular complexity index is 564. The highest BCUT2D eigenvalue weighted by molar-refractivity contribution is 5.99. The molecular weight excluding hydrogens is 242 g/mol. The van der Waals surface area contributed by atoms with Crippen LogP contribution in [0.5, 0.6) is 0 Å². The van der Waals surface area contributed by atoms with Crippen LogP contribution >= 0.6 is 0 Å². The van der Waals surface area contributed by atoms with Gasteiger partial charge in [-0.3, -0.25) is 10.6 Å². The summed E-state index contributed by atoms with van der Waals surface area (Å²) in [6.45, 7) is 3.80. The maximum Gasteiger partial charge on any atom is 0.254 e. The summed E-state index contributed by atoms with van der Waals surface area (Å²) >= 11 is 0. The van der Waals surface area contributed by atoms with Gasteiger partial charge >= 0.3 is 0 Å². The fraction of sp³-hybridized carbons (Fsp3) is 0.214. The number of nitrogens with one attached hydrogen (secondary N) is 2. The van der Waals surface area contributed by atoms with E-state index in [0.717, 1.165) is 5.56 Å². The van der Waals surface area contributed by atoms with Crippen molar-refractivity contribution in [2.45, 2.75) is 19.9 Å². The minimum absolute atomic E-state index is 0.197. The molecule has 1 unspecified atom stereocenters. The van der Waals surface area contributed by atoms with Crippen molar-refractivity contribution >= 4 is 11.6 Å². The van der Waals surface area contributed by atoms with E-state index in [1.807, 2.05) is 32.0 Å². The van der Waals surface area contributed by atoms with Crippen LogP contribution in [0.1, 0.15) is 34.6 Å². The predicted molar refractivity (Wildman–Crippen MR) is 73.6 cm³/mol. The lowest BCUT2D eigenvalue weighted by Gasteiger charge is -2.14. The monoisotopic (exact) mass is 259 g/mol. The van der Waals surface area contributed by atoms with Gasteiger partial charge in [-0.2, -0.15) is 0 Å². The van der Waals surface area contributed by atoms with Gasteiger partial charge in [0.1, 0.15) is 5.76 Å². The second-order valence-corrected chi connectivity index (χ2v) is 4.40. The molecule has 1 heterocycles. The molecule has 0 aliphatic carbocycles. The third-order valence-electron chi connectivity index (χ3n) is 2.89. The van der Waals surface area contributed by atoms with Gasteiger partial charge in [0.15, 0.2) is 0 Å². The van der Waals surface area contributed by atoms with Crippen molar-refractivity contribution in [1.82, 2.24) is 5.32 Å². The first-order valence-corrected chi connectivity index (χ1v) is 6.03. The summed E-state index contributed by atoms with van der Waals surface area (Å²) < 4.78 is 5.25. The molecule has 1 amide bonds. The number of rotatable bonds is 4. The van der Waals surface area contributed by atoms with Gasteiger partial charge in [-0.15, -0.1) is 0 Å². The molecule has 0 spiro atoms. The predicted octanol–water partition coefficient (Wildman–Crippen LogP) is 2.36. The average molecular weight is 259 g/mol. The number of hydrazine groups is 1. The van der Waals surface area contributed by atoms with Gasteiger partial charge in [0.2, 0.25) is 0 Å². The standard InChI is InChI=1S/C14H17N3O2/c1-9-5-6-11(12(8-9)17-15)14(18)16-10(2)13-4-3-7-19-13/h3-8,10,17H,15H2,1-2H3,(H,16,18). The van der Waals surface area contributed by atoms with Crippen LogP contribution in [0.25, 0.3) is 0 Å². The van der Waals surface area contributed by atoms with Gasteiger partial charge in [-0.05, 0) is 43.7 Å². The molecule has 1 aromatic carbocycles. The van der Waals surface area contributed by atoms with Crippen LogP contribution in [-0.4, -0.2) is 5.91 Å². The summed E-state index contributed by atoms with van der Waals surface area (Å²) in [5, 5.41) is 2.86. The van der Waals surface area contributed by atoms with Crippen molar-refractivity contribution < 1.29 is 9.21 Å². The number of amides is 1. The zero-order chi connectivity index (χ0) is 13.8. The largest absolute Gasteiger partial charge is 0.467 e. The summed E-state index contributed by atoms with van der Waals surface area (Å²) in [6.07, 6.45) is 1.58. The highest BCUT2D eigenvalue weighted by atomic mass is 16.3. The van der Waals surface area contributed by atoms with E-state index in [0.29, 0.717) is 17.0 Å². The fourth-order valence-corrected chi connectivity index (χ4v) is 1.86. The van der Waals surface area contributed by atoms with Crippen molar-refractivity contribution in [1.29, 1.82) is 0 Å². The molecule has 5 nitrogen and oxygen atoms in total. The molecule has 0 aliphatic rings. The maximum atomic E-state index is 12.2. The Morgan fingerprint density at radius 3 is 2.79 bits per heavy atom. The average Bonchev–Trinajstić information content (AvgIpc) is 2.92. The molecule has 0 saturated heterocycles. The molecule has 0 bridgehead atoms. The van der Waals surface area contributed by atoms with Crippen LogP contribution in [0.15, 0.2) is 41.0 Å². The summed E-state index contributed by atoms with van der Waals surface area (Å²) in [5.74, 6) is 5.95. The van der Waals surface area contributed by atoms with Crippen LogP contribution in [-0.2, 0) is 0 Å². The Labute approximate surface area is 111 Å². The van der Waals surface area contributed by atoms with Gasteiger partial charge in [-0.25, -0.2) is 0 Å². The van der Waals surface area contributed by atoms with Crippen LogP contribution in [0.2, 0.25) is 0 Å². The van der Waals surface area contributed by atoms with Crippen LogP contribution < -0.4 is 16.6 Å². The first kappa shape index (κ1) is 13.2. The molecule has 19 heavy (non-hydrogen) atoms. The van der Waals surface area contributed by atoms with E-state index in [1.165, 1.54) is 0 Å². The highest BCUT2D eigenvalue weighted by Crippen LogP contribution is 2.18. The number of anilines is 1. The first-order valence-electron chi connectivity index (χ1n) is 6.03. The number of carbonyl (C=O) groups is 1. The van der Waals surface area contributed by atoms with Crippen molar-refractivity contribution in [3.8, 4) is 0 Å². The number of aryl methyl sites for hydroxylation is 1. The summed E-state index contributed by atoms with van der Waals surface area (Å²) in [5.41, 5.74) is 4.68. The second-order valence-electron chi connectivity index (χ2n) is 4.40. The molecule has 2 rings (SSSR count). The normalized spacial score (nSPS) is 11.9. The van der Waals surface area contributed by atoms with Crippen molar-refractivity contribution in [2.75, 3.05) is 5.43 Å². The number of furan rings is 1. The second kappa shape index (κ2) is 5.58. The zero-order valence-corrected chi connectivity index (χ0v) is 10.9. The van der Waals surface area contributed by atoms with Gasteiger partial charge in [0, 0.05) is 0 Å². The number of nitrogens with two attached hydrogens (primary N) is 1. The molecule has 0 fully saturated rings. The van der Waals surface area contributed by atoms with Gasteiger partial charge in [0.05, 0.1) is 23.6 Å². The van der Waals surface area contributed by atoms with Crippen LogP contribution in [0, 0.1) is 6.92 Å². The van der Waals surface area contributed by atoms with Crippen molar-refractivity contribution in [3.63, 3.8) is 0 Å². The molecule has 1 aromatic heterocycles. The molecule has 1 atom stereocenters. The molecule has 0 saturated carbocycles. The van der Waals surface area contributed by atoms with E-state index in [9.17, 15) is 4.79 Å². The topological polar surface area (TPSA) is 80.3 Å². The first-order chi connectivity index (χ1) is 9.11. The smallest absolute Gasteiger partial charge is 0.254 e. The van der Waals surface area contributed by atoms with E-state index < -0.39 is 0 Å². The van der Waals surface area contributed by atoms with Crippen LogP contribution in [0.4, 0.5) is 5.69 Å². The number of hydrogen-bond acceptors (Lipinski definition) is 4. The van der Waals surface area contributed by atoms with Crippen molar-refractivity contribution in [2.24, 2.45) is 5.84 Å². The SMILES string of the molecule is Cc1ccc(C(=O)NC(C)c2ccco2)c(NN)c1. The van der Waals surface area contributed by atoms with E-state index in [-0.39, 0.29) is 11.9 Å². The van der Waals surface area contributed by atoms with Crippen molar-refractivity contribution in [3.05, 3.63) is 53.5 Å². The molecule has 100 valence electrons. The van der Waals surface area contributed by atoms with E-state index in [2.05, 4.69) is 10.7 Å². The summed E-state index contributed by atoms with van der Waals surface area (Å²) in [4.78, 5) is 12.2. The number of carbonyl (C=O) groups excluding carboxylic acids is 1. The lowest BCUT2D eigenvalue weighted by atomic mass is 10.1. The van der Waals surface area contributed by atoms with E-state index in [4.69, 9.17) is 10.3 Å². The Hall–Kier alpha value is -2.27. The summed E-state index contributed by atoms with van der Waals surface area (Å²) in [6, 6.07) is 8.85.